The van der Waals surface area contributed by atoms with Crippen molar-refractivity contribution in [1.82, 2.24) is 24.9 Å². The maximum absolute atomic E-state index is 14.7. The van der Waals surface area contributed by atoms with Crippen LogP contribution in [0.5, 0.6) is 0 Å². The molecule has 2 aliphatic heterocycles. The molecule has 12 heteroatoms. The summed E-state index contributed by atoms with van der Waals surface area (Å²) in [7, 11) is 0. The molecule has 3 atom stereocenters. The summed E-state index contributed by atoms with van der Waals surface area (Å²) in [4.78, 5) is 11.2. The molecule has 0 radical (unpaired) electrons. The van der Waals surface area contributed by atoms with Gasteiger partial charge in [-0.25, -0.2) is 9.07 Å². The van der Waals surface area contributed by atoms with Crippen LogP contribution in [-0.4, -0.2) is 44.0 Å². The number of halogens is 4. The Balaban J connectivity index is 1.21. The lowest BCUT2D eigenvalue weighted by atomic mass is 9.90. The van der Waals surface area contributed by atoms with Crippen molar-refractivity contribution in [3.05, 3.63) is 46.8 Å². The summed E-state index contributed by atoms with van der Waals surface area (Å²) in [5.41, 5.74) is -0.767. The molecule has 35 heavy (non-hydrogen) atoms. The first kappa shape index (κ1) is 22.3. The maximum Gasteiger partial charge on any atom is 0.416 e. The molecular weight excluding hydrogens is 466 g/mol. The molecule has 2 bridgehead atoms. The highest BCUT2D eigenvalue weighted by Gasteiger charge is 2.44. The van der Waals surface area contributed by atoms with E-state index in [-0.39, 0.29) is 11.6 Å². The van der Waals surface area contributed by atoms with Crippen molar-refractivity contribution >= 4 is 12.0 Å². The van der Waals surface area contributed by atoms with Crippen LogP contribution in [0.1, 0.15) is 54.4 Å². The minimum absolute atomic E-state index is 0.195. The molecule has 4 heterocycles. The van der Waals surface area contributed by atoms with Gasteiger partial charge in [0.2, 0.25) is 5.95 Å². The first-order valence-corrected chi connectivity index (χ1v) is 11.9. The predicted molar refractivity (Wildman–Crippen MR) is 117 cm³/mol. The molecular formula is C23H25F4N7O. The molecule has 1 N–H and O–H groups in total. The van der Waals surface area contributed by atoms with Gasteiger partial charge in [-0.1, -0.05) is 11.2 Å². The van der Waals surface area contributed by atoms with E-state index in [1.54, 1.807) is 11.6 Å². The Kier molecular flexibility index (Phi) is 5.22. The number of piperidine rings is 1. The Hall–Kier alpha value is -3.18. The van der Waals surface area contributed by atoms with E-state index in [4.69, 9.17) is 4.52 Å². The van der Waals surface area contributed by atoms with Gasteiger partial charge in [0.1, 0.15) is 11.6 Å². The van der Waals surface area contributed by atoms with Gasteiger partial charge in [-0.05, 0) is 62.1 Å². The van der Waals surface area contributed by atoms with Gasteiger partial charge in [0.05, 0.1) is 5.56 Å². The van der Waals surface area contributed by atoms with Crippen LogP contribution in [0.2, 0.25) is 0 Å². The molecule has 8 nitrogen and oxygen atoms in total. The monoisotopic (exact) mass is 491 g/mol. The smallest absolute Gasteiger partial charge is 0.350 e. The first-order chi connectivity index (χ1) is 16.8. The highest BCUT2D eigenvalue weighted by molar-refractivity contribution is 5.37. The molecule has 2 fully saturated rings. The van der Waals surface area contributed by atoms with Gasteiger partial charge in [0, 0.05) is 31.6 Å². The number of nitrogens with one attached hydrogen (secondary N) is 1. The number of hydrogen-bond donors (Lipinski definition) is 1. The van der Waals surface area contributed by atoms with E-state index in [0.717, 1.165) is 38.4 Å². The minimum Gasteiger partial charge on any atom is -0.350 e. The van der Waals surface area contributed by atoms with E-state index in [1.165, 1.54) is 6.07 Å². The van der Waals surface area contributed by atoms with Gasteiger partial charge in [0.15, 0.2) is 5.82 Å². The predicted octanol–water partition coefficient (Wildman–Crippen LogP) is 4.38. The summed E-state index contributed by atoms with van der Waals surface area (Å²) in [5.74, 6) is 1.12. The number of hydrogen-bond acceptors (Lipinski definition) is 7. The normalized spacial score (nSPS) is 26.1. The fraction of sp³-hybridized carbons (Fsp3) is 0.565. The molecule has 3 aromatic rings. The molecule has 1 aromatic carbocycles. The molecule has 186 valence electrons. The topological polar surface area (TPSA) is 84.9 Å². The third-order valence-electron chi connectivity index (χ3n) is 7.49. The summed E-state index contributed by atoms with van der Waals surface area (Å²) in [6, 6.07) is 3.48. The van der Waals surface area contributed by atoms with Gasteiger partial charge in [0.25, 0.3) is 0 Å². The lowest BCUT2D eigenvalue weighted by Crippen LogP contribution is -2.48. The number of rotatable bonds is 4. The summed E-state index contributed by atoms with van der Waals surface area (Å²) in [5, 5.41) is 12.0. The molecule has 1 saturated heterocycles. The zero-order valence-corrected chi connectivity index (χ0v) is 19.1. The third-order valence-corrected chi connectivity index (χ3v) is 7.49. The summed E-state index contributed by atoms with van der Waals surface area (Å²) >= 11 is 0. The van der Waals surface area contributed by atoms with Crippen molar-refractivity contribution in [3.63, 3.8) is 0 Å². The lowest BCUT2D eigenvalue weighted by molar-refractivity contribution is -0.137. The van der Waals surface area contributed by atoms with Gasteiger partial charge in [-0.15, -0.1) is 5.10 Å². The van der Waals surface area contributed by atoms with E-state index in [0.29, 0.717) is 54.5 Å². The zero-order chi connectivity index (χ0) is 24.3. The second kappa shape index (κ2) is 8.20. The molecule has 1 aliphatic carbocycles. The van der Waals surface area contributed by atoms with E-state index < -0.39 is 23.5 Å². The van der Waals surface area contributed by atoms with Crippen LogP contribution in [0.3, 0.4) is 0 Å². The van der Waals surface area contributed by atoms with Crippen molar-refractivity contribution < 1.29 is 22.1 Å². The van der Waals surface area contributed by atoms with Gasteiger partial charge in [-0.2, -0.15) is 23.1 Å². The number of aromatic nitrogens is 5. The van der Waals surface area contributed by atoms with Crippen LogP contribution in [0.15, 0.2) is 22.7 Å². The summed E-state index contributed by atoms with van der Waals surface area (Å²) in [6.45, 7) is 4.03. The highest BCUT2D eigenvalue weighted by Crippen LogP contribution is 2.41. The summed E-state index contributed by atoms with van der Waals surface area (Å²) < 4.78 is 60.8. The fourth-order valence-electron chi connectivity index (χ4n) is 5.87. The van der Waals surface area contributed by atoms with E-state index in [1.807, 2.05) is 0 Å². The molecule has 0 amide bonds. The van der Waals surface area contributed by atoms with E-state index >= 15 is 0 Å². The third kappa shape index (κ3) is 4.02. The largest absolute Gasteiger partial charge is 0.416 e. The van der Waals surface area contributed by atoms with Gasteiger partial charge < -0.3 is 14.7 Å². The number of aryl methyl sites for hydroxylation is 2. The van der Waals surface area contributed by atoms with Crippen molar-refractivity contribution in [2.24, 2.45) is 11.8 Å². The second-order valence-corrected chi connectivity index (χ2v) is 9.74. The van der Waals surface area contributed by atoms with Crippen molar-refractivity contribution in [1.29, 1.82) is 0 Å². The van der Waals surface area contributed by atoms with Crippen molar-refractivity contribution in [2.75, 3.05) is 23.3 Å². The Morgan fingerprint density at radius 1 is 1.09 bits per heavy atom. The van der Waals surface area contributed by atoms with E-state index in [2.05, 4.69) is 30.4 Å². The second-order valence-electron chi connectivity index (χ2n) is 9.74. The Labute approximate surface area is 198 Å². The number of nitrogens with zero attached hydrogens (tertiary/aromatic N) is 6. The molecule has 0 spiro atoms. The minimum atomic E-state index is -4.58. The Bertz CT molecular complexity index is 1220. The van der Waals surface area contributed by atoms with Crippen LogP contribution in [0, 0.1) is 24.6 Å². The number of benzene rings is 1. The van der Waals surface area contributed by atoms with Crippen LogP contribution >= 0.6 is 0 Å². The van der Waals surface area contributed by atoms with Crippen LogP contribution < -0.4 is 10.2 Å². The first-order valence-electron chi connectivity index (χ1n) is 11.9. The maximum atomic E-state index is 14.7. The number of anilines is 2. The Morgan fingerprint density at radius 2 is 1.86 bits per heavy atom. The van der Waals surface area contributed by atoms with Crippen molar-refractivity contribution in [2.45, 2.75) is 57.3 Å². The molecule has 3 unspecified atom stereocenters. The molecule has 3 aliphatic rings. The molecule has 1 saturated carbocycles. The molecule has 6 rings (SSSR count). The SMILES string of the molecule is Cc1noc(N2CC3CCC(C2)C3Nc2nc3n(n2)CCCC3c2ccc(C(F)(F)F)cc2F)n1. The Morgan fingerprint density at radius 3 is 2.51 bits per heavy atom. The average Bonchev–Trinajstić information content (AvgIpc) is 3.48. The van der Waals surface area contributed by atoms with Crippen LogP contribution in [0.25, 0.3) is 0 Å². The number of fused-ring (bicyclic) bond motifs is 3. The van der Waals surface area contributed by atoms with Crippen molar-refractivity contribution in [3.8, 4) is 0 Å². The number of alkyl halides is 3. The van der Waals surface area contributed by atoms with Crippen LogP contribution in [-0.2, 0) is 12.7 Å². The van der Waals surface area contributed by atoms with E-state index in [9.17, 15) is 17.6 Å². The fourth-order valence-corrected chi connectivity index (χ4v) is 5.87. The van der Waals surface area contributed by atoms with Gasteiger partial charge >= 0.3 is 12.2 Å². The van der Waals surface area contributed by atoms with Crippen LogP contribution in [0.4, 0.5) is 29.5 Å². The standard InChI is InChI=1S/C23H25F4N7O/c1-12-28-22(35-32-12)33-10-13-4-5-14(11-33)19(13)29-21-30-20-17(3-2-8-34(20)31-21)16-7-6-15(9-18(16)24)23(25,26)27/h6-7,9,13-14,17,19H,2-5,8,10-11H2,1H3,(H,29,31). The quantitative estimate of drug-likeness (QED) is 0.542. The average molecular weight is 491 g/mol. The van der Waals surface area contributed by atoms with Gasteiger partial charge in [-0.3, -0.25) is 0 Å². The highest BCUT2D eigenvalue weighted by atomic mass is 19.4. The zero-order valence-electron chi connectivity index (χ0n) is 19.1. The molecule has 2 aromatic heterocycles. The summed E-state index contributed by atoms with van der Waals surface area (Å²) in [6.07, 6.45) is -1.10. The lowest BCUT2D eigenvalue weighted by Gasteiger charge is -2.37.